The lowest BCUT2D eigenvalue weighted by atomic mass is 9.90. The van der Waals surface area contributed by atoms with E-state index in [0.29, 0.717) is 25.9 Å². The summed E-state index contributed by atoms with van der Waals surface area (Å²) in [5, 5.41) is 0. The Bertz CT molecular complexity index is 909. The van der Waals surface area contributed by atoms with E-state index in [4.69, 9.17) is 9.47 Å². The van der Waals surface area contributed by atoms with E-state index < -0.39 is 37.5 Å². The first-order chi connectivity index (χ1) is 12.6. The number of sulfone groups is 1. The lowest BCUT2D eigenvalue weighted by Crippen LogP contribution is -2.49. The van der Waals surface area contributed by atoms with Crippen molar-refractivity contribution in [2.24, 2.45) is 0 Å². The van der Waals surface area contributed by atoms with Crippen LogP contribution in [-0.2, 0) is 29.3 Å². The molecule has 8 nitrogen and oxygen atoms in total. The van der Waals surface area contributed by atoms with Crippen molar-refractivity contribution in [1.82, 2.24) is 4.72 Å². The van der Waals surface area contributed by atoms with Gasteiger partial charge < -0.3 is 9.47 Å². The standard InChI is InChI=1S/C17H23NO7S2/c1-2-24-16(19)13-3-5-15(6-4-13)27(22,23)18-14-7-9-25-17(11-14)8-10-26(20,21)12-17/h3-6,14,18H,2,7-12H2,1H3/t14-,17-/m1/s1. The highest BCUT2D eigenvalue weighted by molar-refractivity contribution is 7.91. The second-order valence-corrected chi connectivity index (χ2v) is 10.8. The molecule has 0 aromatic heterocycles. The van der Waals surface area contributed by atoms with Crippen LogP contribution in [0, 0.1) is 0 Å². The van der Waals surface area contributed by atoms with Crippen molar-refractivity contribution in [2.75, 3.05) is 24.7 Å². The Morgan fingerprint density at radius 1 is 1.33 bits per heavy atom. The maximum absolute atomic E-state index is 12.7. The Labute approximate surface area is 159 Å². The van der Waals surface area contributed by atoms with Crippen LogP contribution < -0.4 is 4.72 Å². The molecule has 0 amide bonds. The van der Waals surface area contributed by atoms with E-state index in [1.807, 2.05) is 0 Å². The molecule has 0 unspecified atom stereocenters. The molecule has 2 heterocycles. The highest BCUT2D eigenvalue weighted by Crippen LogP contribution is 2.36. The number of hydrogen-bond donors (Lipinski definition) is 1. The highest BCUT2D eigenvalue weighted by Gasteiger charge is 2.47. The third kappa shape index (κ3) is 4.68. The summed E-state index contributed by atoms with van der Waals surface area (Å²) in [5.74, 6) is -0.503. The van der Waals surface area contributed by atoms with Crippen molar-refractivity contribution >= 4 is 25.8 Å². The van der Waals surface area contributed by atoms with Crippen LogP contribution in [0.3, 0.4) is 0 Å². The fourth-order valence-corrected chi connectivity index (χ4v) is 6.81. The Morgan fingerprint density at radius 2 is 2.04 bits per heavy atom. The molecule has 1 aromatic carbocycles. The van der Waals surface area contributed by atoms with E-state index in [2.05, 4.69) is 4.72 Å². The Kier molecular flexibility index (Phi) is 5.62. The highest BCUT2D eigenvalue weighted by atomic mass is 32.2. The quantitative estimate of drug-likeness (QED) is 0.707. The van der Waals surface area contributed by atoms with Gasteiger partial charge in [-0.2, -0.15) is 0 Å². The van der Waals surface area contributed by atoms with Crippen molar-refractivity contribution in [2.45, 2.75) is 42.7 Å². The van der Waals surface area contributed by atoms with Gasteiger partial charge in [0.1, 0.15) is 0 Å². The zero-order valence-corrected chi connectivity index (χ0v) is 16.6. The van der Waals surface area contributed by atoms with Crippen molar-refractivity contribution < 1.29 is 31.1 Å². The Balaban J connectivity index is 1.70. The molecular formula is C17H23NO7S2. The van der Waals surface area contributed by atoms with E-state index >= 15 is 0 Å². The SMILES string of the molecule is CCOC(=O)c1ccc(S(=O)(=O)N[C@@H]2CCO[C@]3(CCS(=O)(=O)C3)C2)cc1. The molecule has 1 N–H and O–H groups in total. The Hall–Kier alpha value is -1.49. The van der Waals surface area contributed by atoms with Gasteiger partial charge in [-0.1, -0.05) is 0 Å². The van der Waals surface area contributed by atoms with Gasteiger partial charge >= 0.3 is 5.97 Å². The molecule has 3 rings (SSSR count). The van der Waals surface area contributed by atoms with Crippen LogP contribution in [0.4, 0.5) is 0 Å². The number of carbonyl (C=O) groups is 1. The summed E-state index contributed by atoms with van der Waals surface area (Å²) >= 11 is 0. The van der Waals surface area contributed by atoms with Gasteiger partial charge in [0.2, 0.25) is 10.0 Å². The summed E-state index contributed by atoms with van der Waals surface area (Å²) in [6.45, 7) is 2.24. The van der Waals surface area contributed by atoms with Crippen LogP contribution in [0.2, 0.25) is 0 Å². The van der Waals surface area contributed by atoms with Gasteiger partial charge in [0, 0.05) is 12.6 Å². The van der Waals surface area contributed by atoms with Gasteiger partial charge in [-0.05, 0) is 50.5 Å². The zero-order chi connectivity index (χ0) is 19.7. The topological polar surface area (TPSA) is 116 Å². The number of sulfonamides is 1. The molecule has 1 spiro atoms. The van der Waals surface area contributed by atoms with Gasteiger partial charge in [0.05, 0.1) is 34.2 Å². The lowest BCUT2D eigenvalue weighted by molar-refractivity contribution is -0.0675. The molecule has 0 radical (unpaired) electrons. The van der Waals surface area contributed by atoms with Gasteiger partial charge in [-0.3, -0.25) is 0 Å². The number of rotatable bonds is 5. The molecular weight excluding hydrogens is 394 g/mol. The van der Waals surface area contributed by atoms with Crippen LogP contribution in [0.5, 0.6) is 0 Å². The molecule has 10 heteroatoms. The summed E-state index contributed by atoms with van der Waals surface area (Å²) in [7, 11) is -6.93. The molecule has 2 aliphatic rings. The first-order valence-corrected chi connectivity index (χ1v) is 12.1. The van der Waals surface area contributed by atoms with E-state index in [0.717, 1.165) is 0 Å². The summed E-state index contributed by atoms with van der Waals surface area (Å²) in [5.41, 5.74) is -0.519. The normalized spacial score (nSPS) is 27.5. The van der Waals surface area contributed by atoms with Gasteiger partial charge in [0.15, 0.2) is 9.84 Å². The minimum absolute atomic E-state index is 0.0372. The number of hydrogen-bond acceptors (Lipinski definition) is 7. The zero-order valence-electron chi connectivity index (χ0n) is 15.0. The molecule has 2 fully saturated rings. The van der Waals surface area contributed by atoms with Gasteiger partial charge in [-0.15, -0.1) is 0 Å². The summed E-state index contributed by atoms with van der Waals surface area (Å²) in [6.07, 6.45) is 1.19. The number of benzene rings is 1. The molecule has 2 saturated heterocycles. The van der Waals surface area contributed by atoms with Crippen molar-refractivity contribution in [3.63, 3.8) is 0 Å². The molecule has 150 valence electrons. The van der Waals surface area contributed by atoms with Crippen molar-refractivity contribution in [3.05, 3.63) is 29.8 Å². The predicted molar refractivity (Wildman–Crippen MR) is 97.7 cm³/mol. The van der Waals surface area contributed by atoms with Crippen LogP contribution in [-0.4, -0.2) is 59.2 Å². The van der Waals surface area contributed by atoms with Crippen LogP contribution in [0.15, 0.2) is 29.2 Å². The molecule has 0 aliphatic carbocycles. The largest absolute Gasteiger partial charge is 0.462 e. The fourth-order valence-electron chi connectivity index (χ4n) is 3.56. The van der Waals surface area contributed by atoms with Gasteiger partial charge in [-0.25, -0.2) is 26.4 Å². The third-order valence-corrected chi connectivity index (χ3v) is 8.17. The molecule has 27 heavy (non-hydrogen) atoms. The molecule has 1 aromatic rings. The third-order valence-electron chi connectivity index (χ3n) is 4.84. The molecule has 0 bridgehead atoms. The lowest BCUT2D eigenvalue weighted by Gasteiger charge is -2.37. The number of nitrogens with one attached hydrogen (secondary N) is 1. The van der Waals surface area contributed by atoms with Crippen LogP contribution in [0.25, 0.3) is 0 Å². The van der Waals surface area contributed by atoms with Crippen molar-refractivity contribution in [3.8, 4) is 0 Å². The van der Waals surface area contributed by atoms with E-state index in [1.54, 1.807) is 6.92 Å². The minimum Gasteiger partial charge on any atom is -0.462 e. The predicted octanol–water partition coefficient (Wildman–Crippen LogP) is 0.878. The number of esters is 1. The first-order valence-electron chi connectivity index (χ1n) is 8.79. The van der Waals surface area contributed by atoms with E-state index in [-0.39, 0.29) is 28.6 Å². The molecule has 2 atom stereocenters. The first kappa shape index (κ1) is 20.2. The number of ether oxygens (including phenoxy) is 2. The maximum atomic E-state index is 12.7. The van der Waals surface area contributed by atoms with E-state index in [9.17, 15) is 21.6 Å². The molecule has 0 saturated carbocycles. The molecule has 2 aliphatic heterocycles. The summed E-state index contributed by atoms with van der Waals surface area (Å²) in [4.78, 5) is 11.7. The van der Waals surface area contributed by atoms with E-state index in [1.165, 1.54) is 24.3 Å². The van der Waals surface area contributed by atoms with Gasteiger partial charge in [0.25, 0.3) is 0 Å². The second-order valence-electron chi connectivity index (χ2n) is 6.93. The van der Waals surface area contributed by atoms with Crippen LogP contribution >= 0.6 is 0 Å². The summed E-state index contributed by atoms with van der Waals surface area (Å²) in [6, 6.07) is 5.11. The maximum Gasteiger partial charge on any atom is 0.338 e. The van der Waals surface area contributed by atoms with Crippen LogP contribution in [0.1, 0.15) is 36.5 Å². The average Bonchev–Trinajstić information content (AvgIpc) is 2.89. The monoisotopic (exact) mass is 417 g/mol. The average molecular weight is 418 g/mol. The Morgan fingerprint density at radius 3 is 2.63 bits per heavy atom. The fraction of sp³-hybridized carbons (Fsp3) is 0.588. The summed E-state index contributed by atoms with van der Waals surface area (Å²) < 4.78 is 62.1. The smallest absolute Gasteiger partial charge is 0.338 e. The minimum atomic E-state index is -3.80. The van der Waals surface area contributed by atoms with Crippen molar-refractivity contribution in [1.29, 1.82) is 0 Å². The number of carbonyl (C=O) groups excluding carboxylic acids is 1. The second kappa shape index (κ2) is 7.50.